The fourth-order valence-corrected chi connectivity index (χ4v) is 11.7. The van der Waals surface area contributed by atoms with Gasteiger partial charge in [0, 0.05) is 0 Å². The van der Waals surface area contributed by atoms with E-state index < -0.39 is 5.43 Å². The normalized spacial score (nSPS) is 10.4. The van der Waals surface area contributed by atoms with Crippen LogP contribution in [0.5, 0.6) is 0 Å². The maximum atomic E-state index is 2.33. The van der Waals surface area contributed by atoms with E-state index >= 15 is 0 Å². The van der Waals surface area contributed by atoms with Gasteiger partial charge in [-0.1, -0.05) is 146 Å². The van der Waals surface area contributed by atoms with Crippen LogP contribution in [0.3, 0.4) is 0 Å². The van der Waals surface area contributed by atoms with Crippen molar-refractivity contribution in [2.75, 3.05) is 0 Å². The summed E-state index contributed by atoms with van der Waals surface area (Å²) in [4.78, 5) is 0. The van der Waals surface area contributed by atoms with Gasteiger partial charge in [0.15, 0.2) is 0 Å². The van der Waals surface area contributed by atoms with Gasteiger partial charge in [0.05, 0.1) is 0 Å². The molecule has 0 fully saturated rings. The van der Waals surface area contributed by atoms with E-state index in [9.17, 15) is 0 Å². The molecule has 10 aromatic rings. The van der Waals surface area contributed by atoms with Crippen LogP contribution in [-0.2, 0) is 36.2 Å². The summed E-state index contributed by atoms with van der Waals surface area (Å²) in [5.41, 5.74) is 12.6. The van der Waals surface area contributed by atoms with Crippen LogP contribution in [0.2, 0.25) is 0 Å². The Balaban J connectivity index is 0.000000158. The molecule has 0 radical (unpaired) electrons. The molecule has 0 aliphatic rings. The van der Waals surface area contributed by atoms with Gasteiger partial charge >= 0.3 is 99.8 Å². The standard InChI is InChI=1S/2C23H19.C12H10Si.2ClH.Zr/c2*1-2-17-15-21-9-6-10-22(23(21)16-17)20-13-11-19(12-14-20)18-7-4-3-5-8-18;1-3-7-11(8-4-1)13-12-9-5-2-6-10-12;;;/h2*3-16H,2H2,1H3;1-10H;2*1H;/q2*-1;;;;+2/p-2. The van der Waals surface area contributed by atoms with Gasteiger partial charge in [-0.05, 0) is 46.2 Å². The summed E-state index contributed by atoms with van der Waals surface area (Å²) in [5.74, 6) is 0. The van der Waals surface area contributed by atoms with Gasteiger partial charge in [-0.15, -0.1) is 69.1 Å². The van der Waals surface area contributed by atoms with Crippen molar-refractivity contribution in [2.24, 2.45) is 0 Å². The Morgan fingerprint density at radius 3 is 1.00 bits per heavy atom. The van der Waals surface area contributed by atoms with Crippen molar-refractivity contribution >= 4 is 37.4 Å². The Kier molecular flexibility index (Phi) is 16.9. The van der Waals surface area contributed by atoms with E-state index in [1.807, 2.05) is 0 Å². The minimum atomic E-state index is -0.455. The van der Waals surface area contributed by atoms with E-state index in [1.165, 1.54) is 87.6 Å². The molecule has 0 atom stereocenters. The van der Waals surface area contributed by atoms with Crippen LogP contribution >= 0.6 is 0 Å². The minimum absolute atomic E-state index is 0. The number of halogens is 2. The molecule has 0 heterocycles. The maximum absolute atomic E-state index is 2.33. The Morgan fingerprint density at radius 2 is 0.661 bits per heavy atom. The molecule has 0 saturated heterocycles. The van der Waals surface area contributed by atoms with Crippen molar-refractivity contribution in [2.45, 2.75) is 26.7 Å². The fourth-order valence-electron chi connectivity index (χ4n) is 7.83. The third-order valence-electron chi connectivity index (χ3n) is 11.2. The van der Waals surface area contributed by atoms with Gasteiger partial charge in [-0.3, -0.25) is 0 Å². The zero-order valence-electron chi connectivity index (χ0n) is 35.1. The Labute approximate surface area is 395 Å². The molecule has 62 heavy (non-hydrogen) atoms. The molecule has 0 unspecified atom stereocenters. The summed E-state index contributed by atoms with van der Waals surface area (Å²) < 4.78 is 0. The van der Waals surface area contributed by atoms with E-state index in [-0.39, 0.29) is 24.8 Å². The molecule has 10 rings (SSSR count). The summed E-state index contributed by atoms with van der Waals surface area (Å²) in [5, 5.41) is 8.43. The molecule has 0 aliphatic heterocycles. The van der Waals surface area contributed by atoms with Crippen molar-refractivity contribution < 1.29 is 48.1 Å². The van der Waals surface area contributed by atoms with Gasteiger partial charge in [0.2, 0.25) is 0 Å². The molecule has 0 aromatic heterocycles. The van der Waals surface area contributed by atoms with E-state index in [0.717, 1.165) is 12.8 Å². The number of rotatable bonds is 8. The summed E-state index contributed by atoms with van der Waals surface area (Å²) in [6.07, 6.45) is 2.17. The number of benzene rings is 8. The van der Waals surface area contributed by atoms with Crippen molar-refractivity contribution in [3.63, 3.8) is 0 Å². The Bertz CT molecular complexity index is 2710. The predicted octanol–water partition coefficient (Wildman–Crippen LogP) is 8.26. The summed E-state index contributed by atoms with van der Waals surface area (Å²) in [6, 6.07) is 83.0. The molecule has 0 nitrogen and oxygen atoms in total. The van der Waals surface area contributed by atoms with Crippen LogP contribution < -0.4 is 35.2 Å². The first kappa shape index (κ1) is 46.2. The summed E-state index contributed by atoms with van der Waals surface area (Å²) in [6.45, 7) is 4.42. The molecular formula is C58H48Cl2SiZr-2. The zero-order chi connectivity index (χ0) is 41.1. The molecule has 4 heteroatoms. The third-order valence-corrected chi connectivity index (χ3v) is 17.2. The van der Waals surface area contributed by atoms with E-state index in [2.05, 4.69) is 244 Å². The average molecular weight is 935 g/mol. The predicted molar refractivity (Wildman–Crippen MR) is 257 cm³/mol. The molecule has 0 aliphatic carbocycles. The van der Waals surface area contributed by atoms with E-state index in [1.54, 1.807) is 23.3 Å². The van der Waals surface area contributed by atoms with Gasteiger partial charge < -0.3 is 24.8 Å². The quantitative estimate of drug-likeness (QED) is 0.107. The molecule has 0 saturated carbocycles. The van der Waals surface area contributed by atoms with Crippen LogP contribution in [-0.4, -0.2) is 5.43 Å². The van der Waals surface area contributed by atoms with Crippen molar-refractivity contribution in [1.82, 2.24) is 0 Å². The average Bonchev–Trinajstić information content (AvgIpc) is 3.98. The van der Waals surface area contributed by atoms with Crippen molar-refractivity contribution in [1.29, 1.82) is 0 Å². The van der Waals surface area contributed by atoms with Crippen LogP contribution in [0.15, 0.2) is 231 Å². The number of hydrogen-bond acceptors (Lipinski definition) is 0. The zero-order valence-corrected chi connectivity index (χ0v) is 40.1. The molecule has 0 amide bonds. The molecule has 0 bridgehead atoms. The van der Waals surface area contributed by atoms with Crippen LogP contribution in [0.4, 0.5) is 0 Å². The first-order chi connectivity index (χ1) is 29.6. The fraction of sp³-hybridized carbons (Fsp3) is 0.0690. The van der Waals surface area contributed by atoms with Gasteiger partial charge in [0.1, 0.15) is 0 Å². The second kappa shape index (κ2) is 22.7. The van der Waals surface area contributed by atoms with Crippen molar-refractivity contribution in [3.8, 4) is 44.5 Å². The SMILES string of the molecule is CCc1cc2c(-c3ccc(-c4ccccc4)cc3)cccc2[cH-]1.CCc1cc2c(-c3ccc(-c4ccccc4)cc3)cccc2[cH-]1.[Cl-].[Cl-].[Zr+2]=[Si](c1ccccc1)c1ccccc1. The number of fused-ring (bicyclic) bond motifs is 2. The Morgan fingerprint density at radius 1 is 0.355 bits per heavy atom. The summed E-state index contributed by atoms with van der Waals surface area (Å²) in [7, 11) is 0. The number of hydrogen-bond donors (Lipinski definition) is 0. The topological polar surface area (TPSA) is 0 Å². The van der Waals surface area contributed by atoms with Crippen molar-refractivity contribution in [3.05, 3.63) is 242 Å². The van der Waals surface area contributed by atoms with Gasteiger partial charge in [-0.25, -0.2) is 0 Å². The van der Waals surface area contributed by atoms with Crippen LogP contribution in [0.25, 0.3) is 66.1 Å². The Hall–Kier alpha value is -5.34. The molecule has 10 aromatic carbocycles. The first-order valence-electron chi connectivity index (χ1n) is 21.0. The van der Waals surface area contributed by atoms with Gasteiger partial charge in [-0.2, -0.15) is 12.1 Å². The molecular weight excluding hydrogens is 887 g/mol. The van der Waals surface area contributed by atoms with Crippen LogP contribution in [0, 0.1) is 0 Å². The second-order valence-corrected chi connectivity index (χ2v) is 20.6. The molecule has 0 N–H and O–H groups in total. The second-order valence-electron chi connectivity index (χ2n) is 15.0. The monoisotopic (exact) mass is 932 g/mol. The van der Waals surface area contributed by atoms with Gasteiger partial charge in [0.25, 0.3) is 0 Å². The molecule has 304 valence electrons. The number of aryl methyl sites for hydroxylation is 2. The van der Waals surface area contributed by atoms with Crippen LogP contribution in [0.1, 0.15) is 25.0 Å². The third kappa shape index (κ3) is 11.2. The van der Waals surface area contributed by atoms with E-state index in [4.69, 9.17) is 0 Å². The first-order valence-corrected chi connectivity index (χ1v) is 26.1. The van der Waals surface area contributed by atoms with E-state index in [0.29, 0.717) is 0 Å². The molecule has 0 spiro atoms. The summed E-state index contributed by atoms with van der Waals surface area (Å²) >= 11 is 1.64.